The lowest BCUT2D eigenvalue weighted by atomic mass is 9.71. The van der Waals surface area contributed by atoms with E-state index in [2.05, 4.69) is 38.0 Å². The van der Waals surface area contributed by atoms with E-state index in [0.717, 1.165) is 88.2 Å². The van der Waals surface area contributed by atoms with Crippen molar-refractivity contribution in [1.82, 2.24) is 25.3 Å². The van der Waals surface area contributed by atoms with E-state index < -0.39 is 6.04 Å². The molecular weight excluding hydrogens is 831 g/mol. The Kier molecular flexibility index (Phi) is 13.9. The summed E-state index contributed by atoms with van der Waals surface area (Å²) < 4.78 is 11.8. The van der Waals surface area contributed by atoms with Crippen molar-refractivity contribution in [3.05, 3.63) is 88.8 Å². The number of amides is 3. The van der Waals surface area contributed by atoms with Crippen LogP contribution in [-0.4, -0.2) is 101 Å². The van der Waals surface area contributed by atoms with E-state index in [1.54, 1.807) is 12.1 Å². The van der Waals surface area contributed by atoms with Crippen molar-refractivity contribution in [2.45, 2.75) is 134 Å². The number of carbonyl (C=O) groups excluding carboxylic acids is 4. The quantitative estimate of drug-likeness (QED) is 0.106. The number of hydrogen-bond acceptors (Lipinski definition) is 11. The third-order valence-electron chi connectivity index (χ3n) is 15.5. The van der Waals surface area contributed by atoms with Crippen molar-refractivity contribution in [2.24, 2.45) is 17.3 Å². The molecule has 9 rings (SSSR count). The number of Topliss-reactive ketones (excluding diaryl/α,β-unsaturated/α-hetero) is 1. The number of aromatic nitrogens is 2. The number of fused-ring (bicyclic) bond motifs is 1. The molecule has 3 unspecified atom stereocenters. The van der Waals surface area contributed by atoms with Crippen LogP contribution in [0.5, 0.6) is 11.5 Å². The van der Waals surface area contributed by atoms with Gasteiger partial charge >= 0.3 is 0 Å². The van der Waals surface area contributed by atoms with Crippen molar-refractivity contribution >= 4 is 29.2 Å². The number of nitrogens with one attached hydrogen (secondary N) is 1. The van der Waals surface area contributed by atoms with Gasteiger partial charge in [0.2, 0.25) is 0 Å². The first-order chi connectivity index (χ1) is 32.1. The number of nitrogens with zero attached hydrogens (tertiary/aromatic N) is 6. The van der Waals surface area contributed by atoms with Crippen LogP contribution in [0, 0.1) is 28.6 Å². The Morgan fingerprint density at radius 3 is 2.38 bits per heavy atom. The highest BCUT2D eigenvalue weighted by Crippen LogP contribution is 2.44. The molecule has 3 amide bonds. The molecule has 5 fully saturated rings. The first-order valence-corrected chi connectivity index (χ1v) is 24.7. The van der Waals surface area contributed by atoms with Gasteiger partial charge in [0.25, 0.3) is 17.7 Å². The number of likely N-dealkylation sites (tertiary alicyclic amines) is 1. The number of ether oxygens (including phenoxy) is 2. The standard InChI is InChI=1S/C53H65N7O6/c1-3-65-49-30-44(18-12-38(49)31-54)66-43-19-13-39(14-20-43)55-50(62)47-22-15-40(56-57-47)28-36-7-5-8-37(11-10-36)32-58-26-24-53(25-27-58)33-59(34-53)41-16-21-45-46(29-41)52(64)60(51(45)63)48-23-17-42(61)9-4-6-35(48)2/h12,15-16,18,21-22,29-30,36-37,39,43,48H,2-11,13-14,17,19-20,23-28,32-34H2,1H3,(H,55,62). The van der Waals surface area contributed by atoms with Crippen molar-refractivity contribution in [2.75, 3.05) is 44.2 Å². The molecule has 3 atom stereocenters. The van der Waals surface area contributed by atoms with Crippen LogP contribution < -0.4 is 19.7 Å². The predicted octanol–water partition coefficient (Wildman–Crippen LogP) is 8.26. The van der Waals surface area contributed by atoms with Crippen molar-refractivity contribution in [3.8, 4) is 17.6 Å². The fraction of sp³-hybridized carbons (Fsp3) is 0.566. The number of benzene rings is 2. The van der Waals surface area contributed by atoms with Gasteiger partial charge in [-0.15, -0.1) is 5.10 Å². The van der Waals surface area contributed by atoms with Crippen LogP contribution in [0.1, 0.15) is 152 Å². The molecule has 3 saturated carbocycles. The van der Waals surface area contributed by atoms with Gasteiger partial charge in [0.15, 0.2) is 5.69 Å². The summed E-state index contributed by atoms with van der Waals surface area (Å²) in [6.45, 7) is 11.9. The van der Waals surface area contributed by atoms with Gasteiger partial charge in [-0.1, -0.05) is 25.0 Å². The Morgan fingerprint density at radius 1 is 0.848 bits per heavy atom. The number of rotatable bonds is 12. The number of anilines is 1. The van der Waals surface area contributed by atoms with Crippen molar-refractivity contribution in [3.63, 3.8) is 0 Å². The Labute approximate surface area is 389 Å². The SMILES string of the molecule is C=C1CCCC(=O)CCC1N1C(=O)c2ccc(N3CC4(CCN(CC5CCCC(Cc6ccc(C(=O)NC7CCC(Oc8ccc(C#N)c(OCC)c8)CC7)nn6)CC5)CC4)C3)cc2C1=O. The highest BCUT2D eigenvalue weighted by molar-refractivity contribution is 6.22. The van der Waals surface area contributed by atoms with Crippen LogP contribution in [0.15, 0.2) is 60.7 Å². The molecule has 3 aromatic rings. The molecule has 1 aromatic heterocycles. The van der Waals surface area contributed by atoms with E-state index in [4.69, 9.17) is 9.47 Å². The first-order valence-electron chi connectivity index (χ1n) is 24.7. The molecule has 4 heterocycles. The van der Waals surface area contributed by atoms with Crippen LogP contribution in [0.3, 0.4) is 0 Å². The molecule has 6 aliphatic rings. The maximum absolute atomic E-state index is 13.7. The largest absolute Gasteiger partial charge is 0.492 e. The lowest BCUT2D eigenvalue weighted by Gasteiger charge is -2.55. The smallest absolute Gasteiger partial charge is 0.272 e. The summed E-state index contributed by atoms with van der Waals surface area (Å²) in [5, 5.41) is 21.4. The zero-order chi connectivity index (χ0) is 45.8. The van der Waals surface area contributed by atoms with E-state index in [1.165, 1.54) is 49.8 Å². The third kappa shape index (κ3) is 10.2. The molecule has 2 saturated heterocycles. The maximum Gasteiger partial charge on any atom is 0.272 e. The zero-order valence-corrected chi connectivity index (χ0v) is 38.6. The topological polar surface area (TPSA) is 158 Å². The van der Waals surface area contributed by atoms with Crippen LogP contribution in [0.25, 0.3) is 0 Å². The average molecular weight is 896 g/mol. The second-order valence-electron chi connectivity index (χ2n) is 20.1. The zero-order valence-electron chi connectivity index (χ0n) is 38.6. The molecular formula is C53H65N7O6. The molecule has 0 bridgehead atoms. The van der Waals surface area contributed by atoms with Gasteiger partial charge in [-0.05, 0) is 158 Å². The fourth-order valence-electron chi connectivity index (χ4n) is 11.6. The maximum atomic E-state index is 13.7. The van der Waals surface area contributed by atoms with Gasteiger partial charge < -0.3 is 24.6 Å². The predicted molar refractivity (Wildman–Crippen MR) is 251 cm³/mol. The lowest BCUT2D eigenvalue weighted by Crippen LogP contribution is -2.60. The van der Waals surface area contributed by atoms with Gasteiger partial charge in [-0.3, -0.25) is 24.1 Å². The number of imide groups is 1. The molecule has 1 spiro atoms. The molecule has 13 nitrogen and oxygen atoms in total. The van der Waals surface area contributed by atoms with Crippen LogP contribution >= 0.6 is 0 Å². The average Bonchev–Trinajstić information content (AvgIpc) is 3.40. The number of piperidine rings is 1. The van der Waals surface area contributed by atoms with Gasteiger partial charge in [0.1, 0.15) is 23.4 Å². The molecule has 0 radical (unpaired) electrons. The van der Waals surface area contributed by atoms with E-state index in [1.807, 2.05) is 43.3 Å². The Morgan fingerprint density at radius 2 is 1.62 bits per heavy atom. The first kappa shape index (κ1) is 45.5. The summed E-state index contributed by atoms with van der Waals surface area (Å²) in [5.41, 5.74) is 4.91. The molecule has 3 aliphatic carbocycles. The minimum Gasteiger partial charge on any atom is -0.492 e. The lowest BCUT2D eigenvalue weighted by molar-refractivity contribution is -0.119. The van der Waals surface area contributed by atoms with Crippen LogP contribution in [0.2, 0.25) is 0 Å². The van der Waals surface area contributed by atoms with Crippen LogP contribution in [0.4, 0.5) is 5.69 Å². The minimum atomic E-state index is -0.423. The van der Waals surface area contributed by atoms with Gasteiger partial charge in [-0.25, -0.2) is 0 Å². The number of carbonyl (C=O) groups is 4. The Bertz CT molecular complexity index is 2340. The monoisotopic (exact) mass is 895 g/mol. The molecule has 66 heavy (non-hydrogen) atoms. The summed E-state index contributed by atoms with van der Waals surface area (Å²) in [4.78, 5) is 59.0. The van der Waals surface area contributed by atoms with Gasteiger partial charge in [0.05, 0.1) is 41.1 Å². The van der Waals surface area contributed by atoms with E-state index in [9.17, 15) is 24.4 Å². The second-order valence-corrected chi connectivity index (χ2v) is 20.1. The Balaban J connectivity index is 0.679. The Hall–Kier alpha value is -5.61. The third-order valence-corrected chi connectivity index (χ3v) is 15.5. The number of hydrogen-bond donors (Lipinski definition) is 1. The highest BCUT2D eigenvalue weighted by atomic mass is 16.5. The van der Waals surface area contributed by atoms with Crippen LogP contribution in [-0.2, 0) is 11.2 Å². The second kappa shape index (κ2) is 20.1. The summed E-state index contributed by atoms with van der Waals surface area (Å²) >= 11 is 0. The summed E-state index contributed by atoms with van der Waals surface area (Å²) in [6, 6.07) is 16.7. The fourth-order valence-corrected chi connectivity index (χ4v) is 11.6. The number of ketones is 1. The summed E-state index contributed by atoms with van der Waals surface area (Å²) in [5.74, 6) is 1.99. The molecule has 348 valence electrons. The van der Waals surface area contributed by atoms with Crippen molar-refractivity contribution < 1.29 is 28.7 Å². The van der Waals surface area contributed by atoms with E-state index in [-0.39, 0.29) is 35.7 Å². The molecule has 3 aliphatic heterocycles. The van der Waals surface area contributed by atoms with Gasteiger partial charge in [0, 0.05) is 55.7 Å². The molecule has 13 heteroatoms. The normalized spacial score (nSPS) is 25.8. The summed E-state index contributed by atoms with van der Waals surface area (Å²) in [6.07, 6.45) is 15.4. The van der Waals surface area contributed by atoms with Gasteiger partial charge in [-0.2, -0.15) is 10.4 Å². The van der Waals surface area contributed by atoms with E-state index >= 15 is 0 Å². The van der Waals surface area contributed by atoms with E-state index in [0.29, 0.717) is 83.4 Å². The molecule has 1 N–H and O–H groups in total. The van der Waals surface area contributed by atoms with Crippen molar-refractivity contribution in [1.29, 1.82) is 5.26 Å². The summed E-state index contributed by atoms with van der Waals surface area (Å²) in [7, 11) is 0. The minimum absolute atomic E-state index is 0.0404. The number of nitriles is 1. The molecule has 2 aromatic carbocycles. The highest BCUT2D eigenvalue weighted by Gasteiger charge is 2.47.